The predicted octanol–water partition coefficient (Wildman–Crippen LogP) is 2.46. The van der Waals surface area contributed by atoms with Crippen LogP contribution in [0.1, 0.15) is 22.3 Å². The van der Waals surface area contributed by atoms with Crippen molar-refractivity contribution in [3.8, 4) is 11.5 Å². The number of nitro groups is 1. The van der Waals surface area contributed by atoms with Crippen molar-refractivity contribution in [1.29, 1.82) is 0 Å². The van der Waals surface area contributed by atoms with Crippen molar-refractivity contribution < 1.29 is 24.0 Å². The third-order valence-corrected chi connectivity index (χ3v) is 4.89. The minimum absolute atomic E-state index is 0.118. The Hall–Kier alpha value is -3.62. The number of nitro benzene ring substituents is 1. The third kappa shape index (κ3) is 3.98. The van der Waals surface area contributed by atoms with E-state index in [1.54, 1.807) is 23.1 Å². The smallest absolute Gasteiger partial charge is 0.273 e. The molecule has 9 nitrogen and oxygen atoms in total. The average Bonchev–Trinajstić information content (AvgIpc) is 3.07. The second-order valence-corrected chi connectivity index (χ2v) is 6.62. The van der Waals surface area contributed by atoms with E-state index >= 15 is 0 Å². The van der Waals surface area contributed by atoms with Crippen molar-refractivity contribution in [2.45, 2.75) is 19.4 Å². The lowest BCUT2D eigenvalue weighted by atomic mass is 10.1. The predicted molar refractivity (Wildman–Crippen MR) is 106 cm³/mol. The Bertz CT molecular complexity index is 975. The largest absolute Gasteiger partial charge is 0.493 e. The Morgan fingerprint density at radius 2 is 1.93 bits per heavy atom. The van der Waals surface area contributed by atoms with Crippen LogP contribution in [0.3, 0.4) is 0 Å². The molecule has 2 aromatic carbocycles. The first-order chi connectivity index (χ1) is 13.8. The molecule has 1 fully saturated rings. The zero-order chi connectivity index (χ0) is 21.1. The van der Waals surface area contributed by atoms with Gasteiger partial charge in [0.2, 0.25) is 5.91 Å². The standard InChI is InChI=1S/C20H21N3O6/c1-12-15(5-4-6-16(12)23(26)27)20(25)21-13-9-19(24)22(11-13)14-7-8-17(28-2)18(10-14)29-3/h4-8,10,13H,9,11H2,1-3H3,(H,21,25)/t13-/m1/s1. The number of hydrogen-bond donors (Lipinski definition) is 1. The fourth-order valence-electron chi connectivity index (χ4n) is 3.38. The molecule has 1 aliphatic heterocycles. The van der Waals surface area contributed by atoms with E-state index in [0.29, 0.717) is 17.2 Å². The lowest BCUT2D eigenvalue weighted by Crippen LogP contribution is -2.37. The molecule has 0 saturated carbocycles. The van der Waals surface area contributed by atoms with E-state index in [1.807, 2.05) is 0 Å². The molecule has 152 valence electrons. The summed E-state index contributed by atoms with van der Waals surface area (Å²) in [7, 11) is 3.04. The third-order valence-electron chi connectivity index (χ3n) is 4.89. The molecular formula is C20H21N3O6. The molecular weight excluding hydrogens is 378 g/mol. The molecule has 0 unspecified atom stereocenters. The number of methoxy groups -OCH3 is 2. The van der Waals surface area contributed by atoms with Crippen molar-refractivity contribution in [3.63, 3.8) is 0 Å². The zero-order valence-corrected chi connectivity index (χ0v) is 16.3. The first-order valence-electron chi connectivity index (χ1n) is 8.93. The quantitative estimate of drug-likeness (QED) is 0.590. The first kappa shape index (κ1) is 20.1. The summed E-state index contributed by atoms with van der Waals surface area (Å²) in [6.07, 6.45) is 0.133. The molecule has 9 heteroatoms. The minimum atomic E-state index is -0.524. The van der Waals surface area contributed by atoms with Gasteiger partial charge in [-0.25, -0.2) is 0 Å². The van der Waals surface area contributed by atoms with Crippen molar-refractivity contribution in [3.05, 3.63) is 57.6 Å². The summed E-state index contributed by atoms with van der Waals surface area (Å²) in [6.45, 7) is 1.82. The summed E-state index contributed by atoms with van der Waals surface area (Å²) in [5, 5.41) is 13.9. The van der Waals surface area contributed by atoms with Crippen molar-refractivity contribution in [2.24, 2.45) is 0 Å². The van der Waals surface area contributed by atoms with Crippen LogP contribution in [0.2, 0.25) is 0 Å². The Balaban J connectivity index is 1.75. The first-order valence-corrected chi connectivity index (χ1v) is 8.93. The molecule has 29 heavy (non-hydrogen) atoms. The number of carbonyl (C=O) groups excluding carboxylic acids is 2. The molecule has 2 amide bonds. The van der Waals surface area contributed by atoms with Crippen LogP contribution in [0.15, 0.2) is 36.4 Å². The zero-order valence-electron chi connectivity index (χ0n) is 16.3. The Kier molecular flexibility index (Phi) is 5.67. The van der Waals surface area contributed by atoms with E-state index in [0.717, 1.165) is 0 Å². The van der Waals surface area contributed by atoms with E-state index in [9.17, 15) is 19.7 Å². The van der Waals surface area contributed by atoms with Crippen molar-refractivity contribution in [2.75, 3.05) is 25.7 Å². The molecule has 0 radical (unpaired) electrons. The summed E-state index contributed by atoms with van der Waals surface area (Å²) in [4.78, 5) is 37.2. The average molecular weight is 399 g/mol. The van der Waals surface area contributed by atoms with Crippen LogP contribution in [0, 0.1) is 17.0 Å². The fourth-order valence-corrected chi connectivity index (χ4v) is 3.38. The van der Waals surface area contributed by atoms with Crippen LogP contribution in [0.4, 0.5) is 11.4 Å². The monoisotopic (exact) mass is 399 g/mol. The van der Waals surface area contributed by atoms with Crippen LogP contribution >= 0.6 is 0 Å². The molecule has 0 aliphatic carbocycles. The highest BCUT2D eigenvalue weighted by molar-refractivity contribution is 6.00. The summed E-state index contributed by atoms with van der Waals surface area (Å²) in [5.74, 6) is 0.461. The second-order valence-electron chi connectivity index (χ2n) is 6.62. The van der Waals surface area contributed by atoms with Gasteiger partial charge in [-0.1, -0.05) is 6.07 Å². The van der Waals surface area contributed by atoms with Gasteiger partial charge in [0, 0.05) is 41.9 Å². The highest BCUT2D eigenvalue weighted by Gasteiger charge is 2.32. The lowest BCUT2D eigenvalue weighted by Gasteiger charge is -2.19. The normalized spacial score (nSPS) is 15.9. The summed E-state index contributed by atoms with van der Waals surface area (Å²) >= 11 is 0. The minimum Gasteiger partial charge on any atom is -0.493 e. The molecule has 2 aromatic rings. The Morgan fingerprint density at radius 1 is 1.21 bits per heavy atom. The van der Waals surface area contributed by atoms with Crippen LogP contribution < -0.4 is 19.7 Å². The number of benzene rings is 2. The number of amides is 2. The van der Waals surface area contributed by atoms with E-state index in [1.165, 1.54) is 39.3 Å². The number of carbonyl (C=O) groups is 2. The molecule has 1 N–H and O–H groups in total. The number of hydrogen-bond acceptors (Lipinski definition) is 6. The SMILES string of the molecule is COc1ccc(N2C[C@H](NC(=O)c3cccc([N+](=O)[O-])c3C)CC2=O)cc1OC. The van der Waals surface area contributed by atoms with Crippen molar-refractivity contribution in [1.82, 2.24) is 5.32 Å². The molecule has 1 atom stereocenters. The number of ether oxygens (including phenoxy) is 2. The number of rotatable bonds is 6. The van der Waals surface area contributed by atoms with Gasteiger partial charge >= 0.3 is 0 Å². The molecule has 1 aliphatic rings. The maximum Gasteiger partial charge on any atom is 0.273 e. The topological polar surface area (TPSA) is 111 Å². The van der Waals surface area contributed by atoms with Gasteiger partial charge in [0.25, 0.3) is 11.6 Å². The molecule has 3 rings (SSSR count). The summed E-state index contributed by atoms with van der Waals surface area (Å²) in [5.41, 5.74) is 1.02. The molecule has 0 aromatic heterocycles. The van der Waals surface area contributed by atoms with Crippen LogP contribution in [-0.4, -0.2) is 43.5 Å². The van der Waals surface area contributed by atoms with Crippen LogP contribution in [0.5, 0.6) is 11.5 Å². The van der Waals surface area contributed by atoms with Gasteiger partial charge < -0.3 is 19.7 Å². The van der Waals surface area contributed by atoms with E-state index in [2.05, 4.69) is 5.32 Å². The van der Waals surface area contributed by atoms with E-state index in [4.69, 9.17) is 9.47 Å². The van der Waals surface area contributed by atoms with Gasteiger partial charge in [0.05, 0.1) is 25.2 Å². The second kappa shape index (κ2) is 8.17. The molecule has 0 bridgehead atoms. The number of nitrogens with one attached hydrogen (secondary N) is 1. The molecule has 0 spiro atoms. The summed E-state index contributed by atoms with van der Waals surface area (Å²) < 4.78 is 10.5. The van der Waals surface area contributed by atoms with Gasteiger partial charge in [-0.2, -0.15) is 0 Å². The lowest BCUT2D eigenvalue weighted by molar-refractivity contribution is -0.385. The van der Waals surface area contributed by atoms with Crippen LogP contribution in [-0.2, 0) is 4.79 Å². The van der Waals surface area contributed by atoms with Crippen LogP contribution in [0.25, 0.3) is 0 Å². The number of nitrogens with zero attached hydrogens (tertiary/aromatic N) is 2. The maximum absolute atomic E-state index is 12.6. The van der Waals surface area contributed by atoms with Gasteiger partial charge in [-0.3, -0.25) is 19.7 Å². The Labute approximate surface area is 167 Å². The fraction of sp³-hybridized carbons (Fsp3) is 0.300. The molecule has 1 saturated heterocycles. The highest BCUT2D eigenvalue weighted by atomic mass is 16.6. The van der Waals surface area contributed by atoms with Gasteiger partial charge in [-0.05, 0) is 25.1 Å². The molecule has 1 heterocycles. The van der Waals surface area contributed by atoms with Gasteiger partial charge in [0.1, 0.15) is 0 Å². The summed E-state index contributed by atoms with van der Waals surface area (Å²) in [6, 6.07) is 9.08. The Morgan fingerprint density at radius 3 is 2.59 bits per heavy atom. The maximum atomic E-state index is 12.6. The van der Waals surface area contributed by atoms with Gasteiger partial charge in [0.15, 0.2) is 11.5 Å². The van der Waals surface area contributed by atoms with Crippen molar-refractivity contribution >= 4 is 23.2 Å². The number of anilines is 1. The highest BCUT2D eigenvalue weighted by Crippen LogP contribution is 2.33. The van der Waals surface area contributed by atoms with E-state index in [-0.39, 0.29) is 35.7 Å². The van der Waals surface area contributed by atoms with Gasteiger partial charge in [-0.15, -0.1) is 0 Å². The van der Waals surface area contributed by atoms with E-state index < -0.39 is 16.9 Å².